The molecule has 0 bridgehead atoms. The maximum absolute atomic E-state index is 12.7. The van der Waals surface area contributed by atoms with Gasteiger partial charge in [-0.05, 0) is 44.0 Å². The minimum atomic E-state index is 0.101. The molecule has 2 aromatic heterocycles. The van der Waals surface area contributed by atoms with Gasteiger partial charge in [-0.2, -0.15) is 0 Å². The fourth-order valence-corrected chi connectivity index (χ4v) is 4.00. The van der Waals surface area contributed by atoms with Gasteiger partial charge in [-0.1, -0.05) is 18.2 Å². The van der Waals surface area contributed by atoms with Crippen LogP contribution in [0.5, 0.6) is 0 Å². The number of benzene rings is 1. The zero-order valence-corrected chi connectivity index (χ0v) is 14.8. The number of amides is 1. The maximum atomic E-state index is 12.7. The van der Waals surface area contributed by atoms with Crippen LogP contribution >= 0.6 is 11.3 Å². The number of rotatable bonds is 3. The summed E-state index contributed by atoms with van der Waals surface area (Å²) in [5, 5.41) is 8.41. The van der Waals surface area contributed by atoms with Crippen molar-refractivity contribution in [3.63, 3.8) is 0 Å². The highest BCUT2D eigenvalue weighted by atomic mass is 32.1. The first-order chi connectivity index (χ1) is 12.2. The Labute approximate surface area is 150 Å². The van der Waals surface area contributed by atoms with Crippen LogP contribution in [0.3, 0.4) is 0 Å². The predicted molar refractivity (Wildman–Crippen MR) is 96.7 cm³/mol. The average Bonchev–Trinajstić information content (AvgIpc) is 3.31. The van der Waals surface area contributed by atoms with Crippen molar-refractivity contribution in [2.24, 2.45) is 0 Å². The number of nitrogens with zero attached hydrogens (tertiary/aromatic N) is 3. The fourth-order valence-electron chi connectivity index (χ4n) is 3.17. The van der Waals surface area contributed by atoms with Gasteiger partial charge in [0.25, 0.3) is 5.91 Å². The first kappa shape index (κ1) is 16.0. The SMILES string of the molecule is Cc1ccc(C(=O)N2CCC[C@@H](c3nnc(-c4ccccc4)o3)C2)s1. The number of likely N-dealkylation sites (tertiary alicyclic amines) is 1. The molecule has 5 nitrogen and oxygen atoms in total. The number of piperidine rings is 1. The normalized spacial score (nSPS) is 17.6. The van der Waals surface area contributed by atoms with Gasteiger partial charge >= 0.3 is 0 Å². The van der Waals surface area contributed by atoms with Gasteiger partial charge in [0.2, 0.25) is 11.8 Å². The van der Waals surface area contributed by atoms with Crippen molar-refractivity contribution in [3.05, 3.63) is 58.1 Å². The standard InChI is InChI=1S/C19H19N3O2S/c1-13-9-10-16(25-13)19(23)22-11-5-8-15(12-22)18-21-20-17(24-18)14-6-3-2-4-7-14/h2-4,6-7,9-10,15H,5,8,11-12H2,1H3/t15-/m1/s1. The molecule has 6 heteroatoms. The van der Waals surface area contributed by atoms with Crippen LogP contribution in [-0.4, -0.2) is 34.1 Å². The zero-order chi connectivity index (χ0) is 17.2. The highest BCUT2D eigenvalue weighted by molar-refractivity contribution is 7.13. The second-order valence-corrected chi connectivity index (χ2v) is 7.60. The molecule has 1 fully saturated rings. The van der Waals surface area contributed by atoms with Crippen LogP contribution in [0, 0.1) is 6.92 Å². The van der Waals surface area contributed by atoms with Crippen molar-refractivity contribution in [3.8, 4) is 11.5 Å². The van der Waals surface area contributed by atoms with Gasteiger partial charge in [0.05, 0.1) is 10.8 Å². The zero-order valence-electron chi connectivity index (χ0n) is 14.0. The third-order valence-electron chi connectivity index (χ3n) is 4.47. The van der Waals surface area contributed by atoms with Crippen molar-refractivity contribution >= 4 is 17.2 Å². The van der Waals surface area contributed by atoms with Crippen molar-refractivity contribution in [1.82, 2.24) is 15.1 Å². The summed E-state index contributed by atoms with van der Waals surface area (Å²) >= 11 is 1.55. The molecule has 1 saturated heterocycles. The molecule has 25 heavy (non-hydrogen) atoms. The first-order valence-electron chi connectivity index (χ1n) is 8.45. The second kappa shape index (κ2) is 6.80. The predicted octanol–water partition coefficient (Wildman–Crippen LogP) is 4.13. The van der Waals surface area contributed by atoms with Gasteiger partial charge < -0.3 is 9.32 Å². The lowest BCUT2D eigenvalue weighted by Gasteiger charge is -2.30. The molecule has 1 amide bonds. The smallest absolute Gasteiger partial charge is 0.263 e. The van der Waals surface area contributed by atoms with E-state index >= 15 is 0 Å². The lowest BCUT2D eigenvalue weighted by atomic mass is 9.98. The molecule has 0 aliphatic carbocycles. The number of aromatic nitrogens is 2. The topological polar surface area (TPSA) is 59.2 Å². The van der Waals surface area contributed by atoms with Gasteiger partial charge in [-0.3, -0.25) is 4.79 Å². The largest absolute Gasteiger partial charge is 0.420 e. The molecule has 1 aromatic carbocycles. The molecular formula is C19H19N3O2S. The number of thiophene rings is 1. The summed E-state index contributed by atoms with van der Waals surface area (Å²) < 4.78 is 5.89. The van der Waals surface area contributed by atoms with Gasteiger partial charge in [0, 0.05) is 23.5 Å². The Morgan fingerprint density at radius 2 is 2.04 bits per heavy atom. The molecule has 3 heterocycles. The molecule has 0 N–H and O–H groups in total. The van der Waals surface area contributed by atoms with E-state index in [-0.39, 0.29) is 11.8 Å². The summed E-state index contributed by atoms with van der Waals surface area (Å²) in [6.45, 7) is 3.43. The van der Waals surface area contributed by atoms with E-state index in [9.17, 15) is 4.79 Å². The highest BCUT2D eigenvalue weighted by Gasteiger charge is 2.29. The van der Waals surface area contributed by atoms with E-state index in [1.54, 1.807) is 11.3 Å². The van der Waals surface area contributed by atoms with E-state index in [2.05, 4.69) is 10.2 Å². The molecule has 0 saturated carbocycles. The number of carbonyl (C=O) groups excluding carboxylic acids is 1. The van der Waals surface area contributed by atoms with Crippen molar-refractivity contribution in [2.45, 2.75) is 25.7 Å². The Balaban J connectivity index is 1.50. The van der Waals surface area contributed by atoms with Crippen LogP contribution < -0.4 is 0 Å². The molecular weight excluding hydrogens is 334 g/mol. The molecule has 4 rings (SSSR count). The van der Waals surface area contributed by atoms with E-state index in [4.69, 9.17) is 4.42 Å². The number of carbonyl (C=O) groups is 1. The van der Waals surface area contributed by atoms with Gasteiger partial charge in [0.1, 0.15) is 0 Å². The average molecular weight is 353 g/mol. The van der Waals surface area contributed by atoms with Gasteiger partial charge in [0.15, 0.2) is 0 Å². The van der Waals surface area contributed by atoms with Crippen molar-refractivity contribution in [1.29, 1.82) is 0 Å². The quantitative estimate of drug-likeness (QED) is 0.710. The third-order valence-corrected chi connectivity index (χ3v) is 5.46. The summed E-state index contributed by atoms with van der Waals surface area (Å²) in [5.74, 6) is 1.36. The highest BCUT2D eigenvalue weighted by Crippen LogP contribution is 2.29. The second-order valence-electron chi connectivity index (χ2n) is 6.31. The Morgan fingerprint density at radius 3 is 2.80 bits per heavy atom. The lowest BCUT2D eigenvalue weighted by molar-refractivity contribution is 0.0703. The molecule has 0 unspecified atom stereocenters. The van der Waals surface area contributed by atoms with E-state index in [1.165, 1.54) is 0 Å². The molecule has 1 atom stereocenters. The Hall–Kier alpha value is -2.47. The molecule has 3 aromatic rings. The summed E-state index contributed by atoms with van der Waals surface area (Å²) in [6, 6.07) is 13.7. The van der Waals surface area contributed by atoms with E-state index < -0.39 is 0 Å². The van der Waals surface area contributed by atoms with Crippen LogP contribution in [0.4, 0.5) is 0 Å². The van der Waals surface area contributed by atoms with Crippen LogP contribution in [0.1, 0.15) is 39.2 Å². The van der Waals surface area contributed by atoms with Crippen LogP contribution in [0.2, 0.25) is 0 Å². The number of hydrogen-bond acceptors (Lipinski definition) is 5. The minimum absolute atomic E-state index is 0.101. The molecule has 1 aliphatic heterocycles. The van der Waals surface area contributed by atoms with Gasteiger partial charge in [-0.15, -0.1) is 21.5 Å². The van der Waals surface area contributed by atoms with Crippen molar-refractivity contribution in [2.75, 3.05) is 13.1 Å². The van der Waals surface area contributed by atoms with Crippen LogP contribution in [0.15, 0.2) is 46.9 Å². The minimum Gasteiger partial charge on any atom is -0.420 e. The van der Waals surface area contributed by atoms with Crippen LogP contribution in [-0.2, 0) is 0 Å². The summed E-state index contributed by atoms with van der Waals surface area (Å²) in [4.78, 5) is 16.5. The van der Waals surface area contributed by atoms with Crippen molar-refractivity contribution < 1.29 is 9.21 Å². The monoisotopic (exact) mass is 353 g/mol. The number of hydrogen-bond donors (Lipinski definition) is 0. The van der Waals surface area contributed by atoms with E-state index in [1.807, 2.05) is 54.3 Å². The fraction of sp³-hybridized carbons (Fsp3) is 0.316. The summed E-state index contributed by atoms with van der Waals surface area (Å²) in [7, 11) is 0. The molecule has 128 valence electrons. The molecule has 0 radical (unpaired) electrons. The summed E-state index contributed by atoms with van der Waals surface area (Å²) in [6.07, 6.45) is 1.91. The maximum Gasteiger partial charge on any atom is 0.263 e. The Morgan fingerprint density at radius 1 is 1.20 bits per heavy atom. The van der Waals surface area contributed by atoms with Crippen LogP contribution in [0.25, 0.3) is 11.5 Å². The molecule has 0 spiro atoms. The first-order valence-corrected chi connectivity index (χ1v) is 9.27. The summed E-state index contributed by atoms with van der Waals surface area (Å²) in [5.41, 5.74) is 0.916. The van der Waals surface area contributed by atoms with E-state index in [0.717, 1.165) is 34.7 Å². The Bertz CT molecular complexity index is 872. The lowest BCUT2D eigenvalue weighted by Crippen LogP contribution is -2.38. The molecule has 1 aliphatic rings. The Kier molecular flexibility index (Phi) is 4.36. The van der Waals surface area contributed by atoms with E-state index in [0.29, 0.717) is 18.3 Å². The van der Waals surface area contributed by atoms with Gasteiger partial charge in [-0.25, -0.2) is 0 Å². The third kappa shape index (κ3) is 3.35. The number of aryl methyl sites for hydroxylation is 1.